The Kier molecular flexibility index (Phi) is 4.15. The number of hydrogen-bond acceptors (Lipinski definition) is 3. The van der Waals surface area contributed by atoms with Crippen LogP contribution in [0.5, 0.6) is 0 Å². The van der Waals surface area contributed by atoms with E-state index in [0.29, 0.717) is 0 Å². The van der Waals surface area contributed by atoms with Crippen LogP contribution >= 0.6 is 15.9 Å². The summed E-state index contributed by atoms with van der Waals surface area (Å²) in [6, 6.07) is 5.40. The van der Waals surface area contributed by atoms with E-state index in [1.807, 2.05) is 25.1 Å². The molecule has 2 rings (SSSR count). The van der Waals surface area contributed by atoms with Gasteiger partial charge < -0.3 is 10.1 Å². The van der Waals surface area contributed by atoms with Crippen molar-refractivity contribution in [1.29, 1.82) is 0 Å². The van der Waals surface area contributed by atoms with Crippen molar-refractivity contribution in [3.63, 3.8) is 0 Å². The molecular weight excluding hydrogens is 324 g/mol. The van der Waals surface area contributed by atoms with Gasteiger partial charge in [0.2, 0.25) is 0 Å². The van der Waals surface area contributed by atoms with Crippen molar-refractivity contribution in [2.75, 3.05) is 13.7 Å². The van der Waals surface area contributed by atoms with Crippen molar-refractivity contribution in [2.24, 2.45) is 0 Å². The first kappa shape index (κ1) is 15.0. The van der Waals surface area contributed by atoms with Crippen molar-refractivity contribution in [1.82, 2.24) is 10.2 Å². The van der Waals surface area contributed by atoms with Crippen molar-refractivity contribution in [3.8, 4) is 0 Å². The monoisotopic (exact) mass is 340 g/mol. The van der Waals surface area contributed by atoms with Crippen LogP contribution in [0, 0.1) is 6.92 Å². The molecule has 0 bridgehead atoms. The van der Waals surface area contributed by atoms with E-state index >= 15 is 0 Å². The van der Waals surface area contributed by atoms with Crippen molar-refractivity contribution < 1.29 is 14.3 Å². The minimum atomic E-state index is -0.978. The predicted octanol–water partition coefficient (Wildman–Crippen LogP) is 2.21. The number of benzene rings is 1. The van der Waals surface area contributed by atoms with E-state index in [-0.39, 0.29) is 25.1 Å². The highest BCUT2D eigenvalue weighted by Crippen LogP contribution is 2.23. The first-order valence-electron chi connectivity index (χ1n) is 6.25. The second kappa shape index (κ2) is 5.54. The zero-order valence-corrected chi connectivity index (χ0v) is 13.3. The largest absolute Gasteiger partial charge is 0.382 e. The van der Waals surface area contributed by atoms with Crippen molar-refractivity contribution in [3.05, 3.63) is 33.8 Å². The van der Waals surface area contributed by atoms with Gasteiger partial charge in [-0.05, 0) is 31.0 Å². The minimum absolute atomic E-state index is 0.158. The summed E-state index contributed by atoms with van der Waals surface area (Å²) in [5.74, 6) is -0.263. The number of aryl methyl sites for hydroxylation is 1. The molecule has 0 saturated carbocycles. The molecule has 0 spiro atoms. The van der Waals surface area contributed by atoms with Gasteiger partial charge in [-0.2, -0.15) is 0 Å². The zero-order chi connectivity index (χ0) is 14.9. The standard InChI is InChI=1S/C14H17BrN2O3/c1-9-4-5-10(6-11(9)15)7-17-12(18)14(2,8-20-3)16-13(17)19/h4-6H,7-8H2,1-3H3,(H,16,19). The Morgan fingerprint density at radius 1 is 1.40 bits per heavy atom. The highest BCUT2D eigenvalue weighted by atomic mass is 79.9. The van der Waals surface area contributed by atoms with Crippen LogP contribution in [-0.4, -0.2) is 36.1 Å². The Labute approximate surface area is 126 Å². The lowest BCUT2D eigenvalue weighted by molar-refractivity contribution is -0.132. The first-order valence-corrected chi connectivity index (χ1v) is 7.05. The van der Waals surface area contributed by atoms with Gasteiger partial charge in [0.25, 0.3) is 5.91 Å². The summed E-state index contributed by atoms with van der Waals surface area (Å²) in [6.07, 6.45) is 0. The van der Waals surface area contributed by atoms with E-state index in [1.54, 1.807) is 6.92 Å². The van der Waals surface area contributed by atoms with E-state index in [0.717, 1.165) is 15.6 Å². The van der Waals surface area contributed by atoms with Gasteiger partial charge in [0.05, 0.1) is 13.2 Å². The smallest absolute Gasteiger partial charge is 0.325 e. The summed E-state index contributed by atoms with van der Waals surface area (Å²) in [6.45, 7) is 4.06. The Bertz CT molecular complexity index is 561. The van der Waals surface area contributed by atoms with Crippen LogP contribution in [0.3, 0.4) is 0 Å². The lowest BCUT2D eigenvalue weighted by Gasteiger charge is -2.20. The Hall–Kier alpha value is -1.40. The van der Waals surface area contributed by atoms with Crippen LogP contribution in [-0.2, 0) is 16.1 Å². The fourth-order valence-corrected chi connectivity index (χ4v) is 2.62. The molecule has 5 nitrogen and oxygen atoms in total. The quantitative estimate of drug-likeness (QED) is 0.855. The molecule has 1 aliphatic rings. The Morgan fingerprint density at radius 2 is 2.10 bits per heavy atom. The van der Waals surface area contributed by atoms with Crippen molar-refractivity contribution >= 4 is 27.9 Å². The van der Waals surface area contributed by atoms with Crippen LogP contribution < -0.4 is 5.32 Å². The van der Waals surface area contributed by atoms with Crippen LogP contribution in [0.15, 0.2) is 22.7 Å². The number of urea groups is 1. The number of carbonyl (C=O) groups excluding carboxylic acids is 2. The van der Waals surface area contributed by atoms with E-state index < -0.39 is 5.54 Å². The first-order chi connectivity index (χ1) is 9.37. The number of nitrogens with zero attached hydrogens (tertiary/aromatic N) is 1. The molecule has 6 heteroatoms. The van der Waals surface area contributed by atoms with E-state index in [9.17, 15) is 9.59 Å². The van der Waals surface area contributed by atoms with Gasteiger partial charge in [0.1, 0.15) is 5.54 Å². The van der Waals surface area contributed by atoms with Gasteiger partial charge in [-0.25, -0.2) is 4.79 Å². The molecule has 1 aromatic carbocycles. The van der Waals surface area contributed by atoms with Crippen LogP contribution in [0.2, 0.25) is 0 Å². The minimum Gasteiger partial charge on any atom is -0.382 e. The summed E-state index contributed by atoms with van der Waals surface area (Å²) >= 11 is 3.45. The van der Waals surface area contributed by atoms with Crippen LogP contribution in [0.1, 0.15) is 18.1 Å². The Balaban J connectivity index is 2.19. The molecule has 1 saturated heterocycles. The second-order valence-corrected chi connectivity index (χ2v) is 6.02. The normalized spacial score (nSPS) is 22.3. The van der Waals surface area contributed by atoms with Crippen LogP contribution in [0.4, 0.5) is 4.79 Å². The molecule has 1 aromatic rings. The molecule has 1 fully saturated rings. The fraction of sp³-hybridized carbons (Fsp3) is 0.429. The molecule has 0 radical (unpaired) electrons. The van der Waals surface area contributed by atoms with E-state index in [4.69, 9.17) is 4.74 Å². The topological polar surface area (TPSA) is 58.6 Å². The third-order valence-electron chi connectivity index (χ3n) is 3.36. The van der Waals surface area contributed by atoms with E-state index in [1.165, 1.54) is 12.0 Å². The third kappa shape index (κ3) is 2.71. The number of imide groups is 1. The van der Waals surface area contributed by atoms with Gasteiger partial charge in [0.15, 0.2) is 0 Å². The number of methoxy groups -OCH3 is 1. The predicted molar refractivity (Wildman–Crippen MR) is 78.2 cm³/mol. The fourth-order valence-electron chi connectivity index (χ4n) is 2.19. The number of carbonyl (C=O) groups is 2. The average molecular weight is 341 g/mol. The molecule has 108 valence electrons. The lowest BCUT2D eigenvalue weighted by Crippen LogP contribution is -2.47. The molecule has 1 unspecified atom stereocenters. The highest BCUT2D eigenvalue weighted by molar-refractivity contribution is 9.10. The maximum Gasteiger partial charge on any atom is 0.325 e. The summed E-state index contributed by atoms with van der Waals surface area (Å²) in [5.41, 5.74) is 1.02. The molecule has 20 heavy (non-hydrogen) atoms. The SMILES string of the molecule is COCC1(C)NC(=O)N(Cc2ccc(C)c(Br)c2)C1=O. The molecule has 3 amide bonds. The maximum absolute atomic E-state index is 12.3. The van der Waals surface area contributed by atoms with Gasteiger partial charge in [-0.3, -0.25) is 9.69 Å². The highest BCUT2D eigenvalue weighted by Gasteiger charge is 2.47. The van der Waals surface area contributed by atoms with Gasteiger partial charge in [0, 0.05) is 11.6 Å². The second-order valence-electron chi connectivity index (χ2n) is 5.17. The summed E-state index contributed by atoms with van der Waals surface area (Å²) < 4.78 is 5.97. The van der Waals surface area contributed by atoms with Gasteiger partial charge >= 0.3 is 6.03 Å². The third-order valence-corrected chi connectivity index (χ3v) is 4.21. The average Bonchev–Trinajstić information content (AvgIpc) is 2.58. The molecule has 0 aromatic heterocycles. The maximum atomic E-state index is 12.3. The number of rotatable bonds is 4. The van der Waals surface area contributed by atoms with Crippen LogP contribution in [0.25, 0.3) is 0 Å². The molecule has 1 atom stereocenters. The molecular formula is C14H17BrN2O3. The lowest BCUT2D eigenvalue weighted by atomic mass is 10.0. The molecule has 1 aliphatic heterocycles. The Morgan fingerprint density at radius 3 is 2.70 bits per heavy atom. The summed E-state index contributed by atoms with van der Waals surface area (Å²) in [5, 5.41) is 2.68. The molecule has 1 N–H and O–H groups in total. The number of halogens is 1. The number of nitrogens with one attached hydrogen (secondary N) is 1. The van der Waals surface area contributed by atoms with Gasteiger partial charge in [-0.1, -0.05) is 28.1 Å². The number of ether oxygens (including phenoxy) is 1. The van der Waals surface area contributed by atoms with Gasteiger partial charge in [-0.15, -0.1) is 0 Å². The van der Waals surface area contributed by atoms with E-state index in [2.05, 4.69) is 21.2 Å². The van der Waals surface area contributed by atoms with Crippen molar-refractivity contribution in [2.45, 2.75) is 25.9 Å². The number of amides is 3. The molecule has 0 aliphatic carbocycles. The zero-order valence-electron chi connectivity index (χ0n) is 11.7. The number of hydrogen-bond donors (Lipinski definition) is 1. The summed E-state index contributed by atoms with van der Waals surface area (Å²) in [4.78, 5) is 25.5. The summed E-state index contributed by atoms with van der Waals surface area (Å²) in [7, 11) is 1.50. The molecule has 1 heterocycles.